The van der Waals surface area contributed by atoms with Gasteiger partial charge in [-0.15, -0.1) is 0 Å². The number of para-hydroxylation sites is 1. The van der Waals surface area contributed by atoms with E-state index in [4.69, 9.17) is 9.47 Å². The number of likely N-dealkylation sites (tertiary alicyclic amines) is 1. The molecule has 4 aliphatic rings. The van der Waals surface area contributed by atoms with Gasteiger partial charge in [0.2, 0.25) is 23.6 Å². The van der Waals surface area contributed by atoms with Gasteiger partial charge >= 0.3 is 0 Å². The third-order valence-corrected chi connectivity index (χ3v) is 9.67. The maximum atomic E-state index is 14.4. The Hall–Kier alpha value is -4.14. The van der Waals surface area contributed by atoms with E-state index in [1.54, 1.807) is 37.3 Å². The standard InChI is InChI=1S/C32H34N2O7/c1-5-13-33-28(36)20-12-11-19-21(25(20)30(33)38)16-22-29(37)34(17-9-7-6-8-10-17)31(39)32(22,2)27(19)26-23(35)14-18(40-3)15-24(26)41-4/h6-11,14-15,20-22,25,27,35H,5,12-13,16H2,1-4H3/t20-,21+,22-,25-,27+,32+/m0/s1. The Morgan fingerprint density at radius 2 is 1.71 bits per heavy atom. The molecule has 1 saturated carbocycles. The Balaban J connectivity index is 1.57. The van der Waals surface area contributed by atoms with Crippen LogP contribution in [0.3, 0.4) is 0 Å². The van der Waals surface area contributed by atoms with Gasteiger partial charge in [0.05, 0.1) is 43.1 Å². The molecule has 41 heavy (non-hydrogen) atoms. The molecule has 9 heteroatoms. The van der Waals surface area contributed by atoms with E-state index < -0.39 is 35.0 Å². The summed E-state index contributed by atoms with van der Waals surface area (Å²) in [5.41, 5.74) is 0.350. The van der Waals surface area contributed by atoms with Crippen molar-refractivity contribution >= 4 is 29.3 Å². The Bertz CT molecular complexity index is 1480. The van der Waals surface area contributed by atoms with E-state index in [-0.39, 0.29) is 35.8 Å². The molecule has 2 heterocycles. The first-order chi connectivity index (χ1) is 19.7. The topological polar surface area (TPSA) is 113 Å². The summed E-state index contributed by atoms with van der Waals surface area (Å²) in [5, 5.41) is 11.4. The van der Waals surface area contributed by atoms with Crippen molar-refractivity contribution < 1.29 is 33.8 Å². The first-order valence-corrected chi connectivity index (χ1v) is 14.1. The van der Waals surface area contributed by atoms with Crippen molar-refractivity contribution in [2.24, 2.45) is 29.1 Å². The summed E-state index contributed by atoms with van der Waals surface area (Å²) in [6.07, 6.45) is 3.22. The molecule has 0 aromatic heterocycles. The van der Waals surface area contributed by atoms with Gasteiger partial charge in [-0.05, 0) is 44.2 Å². The number of amides is 4. The zero-order valence-electron chi connectivity index (χ0n) is 23.6. The van der Waals surface area contributed by atoms with Crippen LogP contribution in [-0.4, -0.2) is 54.4 Å². The number of phenols is 1. The van der Waals surface area contributed by atoms with Crippen LogP contribution in [0.1, 0.15) is 44.6 Å². The van der Waals surface area contributed by atoms with E-state index in [9.17, 15) is 24.3 Å². The summed E-state index contributed by atoms with van der Waals surface area (Å²) in [7, 11) is 2.95. The van der Waals surface area contributed by atoms with E-state index in [1.165, 1.54) is 30.1 Å². The third kappa shape index (κ3) is 3.67. The van der Waals surface area contributed by atoms with Gasteiger partial charge in [0.15, 0.2) is 0 Å². The van der Waals surface area contributed by atoms with Crippen LogP contribution in [0.2, 0.25) is 0 Å². The molecule has 9 nitrogen and oxygen atoms in total. The second-order valence-electron chi connectivity index (χ2n) is 11.6. The monoisotopic (exact) mass is 558 g/mol. The fourth-order valence-electron chi connectivity index (χ4n) is 7.82. The molecule has 3 fully saturated rings. The number of allylic oxidation sites excluding steroid dienone is 2. The Morgan fingerprint density at radius 1 is 0.976 bits per heavy atom. The molecular weight excluding hydrogens is 524 g/mol. The number of fused-ring (bicyclic) bond motifs is 4. The highest BCUT2D eigenvalue weighted by atomic mass is 16.5. The quantitative estimate of drug-likeness (QED) is 0.420. The molecule has 2 saturated heterocycles. The van der Waals surface area contributed by atoms with Crippen molar-refractivity contribution in [2.75, 3.05) is 25.7 Å². The third-order valence-electron chi connectivity index (χ3n) is 9.67. The molecule has 2 aliphatic carbocycles. The molecule has 2 aromatic carbocycles. The average Bonchev–Trinajstić information content (AvgIpc) is 3.33. The summed E-state index contributed by atoms with van der Waals surface area (Å²) in [5.74, 6) is -3.68. The minimum Gasteiger partial charge on any atom is -0.507 e. The van der Waals surface area contributed by atoms with Crippen LogP contribution in [0.15, 0.2) is 54.1 Å². The zero-order chi connectivity index (χ0) is 29.2. The molecule has 0 spiro atoms. The van der Waals surface area contributed by atoms with E-state index in [0.717, 1.165) is 5.57 Å². The molecule has 214 valence electrons. The van der Waals surface area contributed by atoms with Gasteiger partial charge in [0.25, 0.3) is 0 Å². The molecule has 6 atom stereocenters. The first-order valence-electron chi connectivity index (χ1n) is 14.1. The smallest absolute Gasteiger partial charge is 0.241 e. The predicted molar refractivity (Wildman–Crippen MR) is 149 cm³/mol. The summed E-state index contributed by atoms with van der Waals surface area (Å²) in [4.78, 5) is 58.3. The number of nitrogens with zero attached hydrogens (tertiary/aromatic N) is 2. The van der Waals surface area contributed by atoms with Crippen LogP contribution in [-0.2, 0) is 19.2 Å². The number of ether oxygens (including phenoxy) is 2. The number of aromatic hydroxyl groups is 1. The predicted octanol–water partition coefficient (Wildman–Crippen LogP) is 4.05. The zero-order valence-corrected chi connectivity index (χ0v) is 23.6. The summed E-state index contributed by atoms with van der Waals surface area (Å²) in [6, 6.07) is 11.9. The van der Waals surface area contributed by atoms with Crippen molar-refractivity contribution in [2.45, 2.75) is 39.0 Å². The number of imide groups is 2. The lowest BCUT2D eigenvalue weighted by Crippen LogP contribution is -2.49. The SMILES string of the molecule is CCCN1C(=O)[C@H]2[C@H](CC=C3[C@H]2C[C@H]2C(=O)N(c4ccccc4)C(=O)[C@@]2(C)[C@H]3c2c(O)cc(OC)cc2OC)C1=O. The van der Waals surface area contributed by atoms with Crippen LogP contribution in [0.4, 0.5) is 5.69 Å². The van der Waals surface area contributed by atoms with Crippen LogP contribution in [0.25, 0.3) is 0 Å². The Kier molecular flexibility index (Phi) is 6.43. The second kappa shape index (κ2) is 9.75. The fourth-order valence-corrected chi connectivity index (χ4v) is 7.82. The molecule has 0 bridgehead atoms. The number of carbonyl (C=O) groups excluding carboxylic acids is 4. The molecule has 0 unspecified atom stereocenters. The van der Waals surface area contributed by atoms with Crippen molar-refractivity contribution in [1.29, 1.82) is 0 Å². The largest absolute Gasteiger partial charge is 0.507 e. The van der Waals surface area contributed by atoms with Crippen LogP contribution in [0.5, 0.6) is 17.2 Å². The molecule has 2 aromatic rings. The van der Waals surface area contributed by atoms with Crippen molar-refractivity contribution in [3.05, 3.63) is 59.7 Å². The number of hydrogen-bond acceptors (Lipinski definition) is 7. The van der Waals surface area contributed by atoms with Crippen molar-refractivity contribution in [1.82, 2.24) is 4.90 Å². The van der Waals surface area contributed by atoms with Crippen molar-refractivity contribution in [3.63, 3.8) is 0 Å². The number of phenolic OH excluding ortho intramolecular Hbond substituents is 1. The van der Waals surface area contributed by atoms with E-state index >= 15 is 0 Å². The van der Waals surface area contributed by atoms with E-state index in [1.807, 2.05) is 19.1 Å². The van der Waals surface area contributed by atoms with Crippen molar-refractivity contribution in [3.8, 4) is 17.2 Å². The Morgan fingerprint density at radius 3 is 2.37 bits per heavy atom. The number of anilines is 1. The van der Waals surface area contributed by atoms with E-state index in [2.05, 4.69) is 0 Å². The van der Waals surface area contributed by atoms with Gasteiger partial charge in [-0.25, -0.2) is 4.90 Å². The fraction of sp³-hybridized carbons (Fsp3) is 0.438. The van der Waals surface area contributed by atoms with Crippen LogP contribution >= 0.6 is 0 Å². The highest BCUT2D eigenvalue weighted by Gasteiger charge is 2.68. The minimum atomic E-state index is -1.28. The molecule has 1 N–H and O–H groups in total. The van der Waals surface area contributed by atoms with Gasteiger partial charge in [-0.3, -0.25) is 24.1 Å². The molecule has 0 radical (unpaired) electrons. The van der Waals surface area contributed by atoms with Gasteiger partial charge in [-0.1, -0.05) is 36.8 Å². The molecule has 6 rings (SSSR count). The summed E-state index contributed by atoms with van der Waals surface area (Å²) < 4.78 is 11.1. The number of benzene rings is 2. The lowest BCUT2D eigenvalue weighted by atomic mass is 9.51. The van der Waals surface area contributed by atoms with Gasteiger partial charge < -0.3 is 14.6 Å². The maximum absolute atomic E-state index is 14.4. The average molecular weight is 559 g/mol. The van der Waals surface area contributed by atoms with Crippen LogP contribution < -0.4 is 14.4 Å². The number of methoxy groups -OCH3 is 2. The van der Waals surface area contributed by atoms with E-state index in [0.29, 0.717) is 42.1 Å². The van der Waals surface area contributed by atoms with Gasteiger partial charge in [0, 0.05) is 30.2 Å². The highest BCUT2D eigenvalue weighted by molar-refractivity contribution is 6.24. The number of carbonyl (C=O) groups is 4. The lowest BCUT2D eigenvalue weighted by molar-refractivity contribution is -0.140. The van der Waals surface area contributed by atoms with Gasteiger partial charge in [0.1, 0.15) is 17.2 Å². The first kappa shape index (κ1) is 27.1. The summed E-state index contributed by atoms with van der Waals surface area (Å²) in [6.45, 7) is 4.06. The number of hydrogen-bond donors (Lipinski definition) is 1. The Labute approximate surface area is 238 Å². The second-order valence-corrected chi connectivity index (χ2v) is 11.6. The molecule has 4 amide bonds. The molecule has 2 aliphatic heterocycles. The van der Waals surface area contributed by atoms with Gasteiger partial charge in [-0.2, -0.15) is 0 Å². The maximum Gasteiger partial charge on any atom is 0.241 e. The summed E-state index contributed by atoms with van der Waals surface area (Å²) >= 11 is 0. The highest BCUT2D eigenvalue weighted by Crippen LogP contribution is 2.65. The number of rotatable bonds is 6. The minimum absolute atomic E-state index is 0.130. The normalized spacial score (nSPS) is 30.6. The lowest BCUT2D eigenvalue weighted by Gasteiger charge is -2.49. The molecular formula is C32H34N2O7. The van der Waals surface area contributed by atoms with Crippen LogP contribution in [0, 0.1) is 29.1 Å².